The highest BCUT2D eigenvalue weighted by Crippen LogP contribution is 2.30. The van der Waals surface area contributed by atoms with Crippen LogP contribution in [-0.2, 0) is 11.2 Å². The number of nitrogens with zero attached hydrogens (tertiary/aromatic N) is 2. The van der Waals surface area contributed by atoms with Crippen molar-refractivity contribution < 1.29 is 9.53 Å². The van der Waals surface area contributed by atoms with Crippen molar-refractivity contribution >= 4 is 40.0 Å². The summed E-state index contributed by atoms with van der Waals surface area (Å²) in [7, 11) is 0. The molecular formula is C19H17Cl2N3O2. The number of aromatic nitrogens is 2. The van der Waals surface area contributed by atoms with Gasteiger partial charge >= 0.3 is 0 Å². The van der Waals surface area contributed by atoms with E-state index < -0.39 is 0 Å². The molecule has 7 heteroatoms. The van der Waals surface area contributed by atoms with Gasteiger partial charge in [0.1, 0.15) is 6.33 Å². The van der Waals surface area contributed by atoms with Gasteiger partial charge in [0, 0.05) is 11.6 Å². The lowest BCUT2D eigenvalue weighted by Crippen LogP contribution is -2.30. The summed E-state index contributed by atoms with van der Waals surface area (Å²) in [5.41, 5.74) is 1.78. The van der Waals surface area contributed by atoms with Crippen molar-refractivity contribution in [3.8, 4) is 5.88 Å². The average Bonchev–Trinajstić information content (AvgIpc) is 2.64. The number of ether oxygens (including phenoxy) is 1. The van der Waals surface area contributed by atoms with Crippen molar-refractivity contribution in [1.29, 1.82) is 0 Å². The molecule has 0 saturated carbocycles. The number of rotatable bonds is 7. The van der Waals surface area contributed by atoms with Crippen LogP contribution in [0.4, 0.5) is 0 Å². The van der Waals surface area contributed by atoms with Crippen LogP contribution < -0.4 is 10.1 Å². The first-order valence-corrected chi connectivity index (χ1v) is 8.92. The lowest BCUT2D eigenvalue weighted by molar-refractivity contribution is -0.123. The zero-order valence-corrected chi connectivity index (χ0v) is 15.4. The molecule has 0 fully saturated rings. The zero-order chi connectivity index (χ0) is 18.4. The molecule has 26 heavy (non-hydrogen) atoms. The van der Waals surface area contributed by atoms with Crippen LogP contribution in [0.25, 0.3) is 10.9 Å². The number of hydrogen-bond acceptors (Lipinski definition) is 4. The van der Waals surface area contributed by atoms with Crippen molar-refractivity contribution in [2.45, 2.75) is 12.8 Å². The van der Waals surface area contributed by atoms with E-state index in [2.05, 4.69) is 27.4 Å². The van der Waals surface area contributed by atoms with E-state index in [4.69, 9.17) is 27.9 Å². The van der Waals surface area contributed by atoms with Crippen LogP contribution in [0.1, 0.15) is 12.0 Å². The van der Waals surface area contributed by atoms with Crippen LogP contribution in [0, 0.1) is 0 Å². The minimum absolute atomic E-state index is 0.137. The predicted molar refractivity (Wildman–Crippen MR) is 103 cm³/mol. The number of fused-ring (bicyclic) bond motifs is 1. The predicted octanol–water partition coefficient (Wildman–Crippen LogP) is 4.06. The normalized spacial score (nSPS) is 10.7. The highest BCUT2D eigenvalue weighted by Gasteiger charge is 2.11. The molecule has 0 aliphatic heterocycles. The Bertz CT molecular complexity index is 904. The van der Waals surface area contributed by atoms with Crippen molar-refractivity contribution in [2.75, 3.05) is 13.2 Å². The monoisotopic (exact) mass is 389 g/mol. The molecule has 0 radical (unpaired) electrons. The molecule has 3 aromatic rings. The number of carbonyl (C=O) groups excluding carboxylic acids is 1. The molecule has 0 bridgehead atoms. The van der Waals surface area contributed by atoms with E-state index in [1.807, 2.05) is 18.2 Å². The molecule has 1 N–H and O–H groups in total. The summed E-state index contributed by atoms with van der Waals surface area (Å²) in [6.45, 7) is 0.445. The third kappa shape index (κ3) is 4.84. The summed E-state index contributed by atoms with van der Waals surface area (Å²) in [6, 6.07) is 13.4. The summed E-state index contributed by atoms with van der Waals surface area (Å²) in [5, 5.41) is 4.26. The number of aryl methyl sites for hydroxylation is 1. The number of benzene rings is 2. The summed E-state index contributed by atoms with van der Waals surface area (Å²) in [5.74, 6) is 0.0665. The lowest BCUT2D eigenvalue weighted by atomic mass is 10.1. The Kier molecular flexibility index (Phi) is 6.26. The molecule has 1 amide bonds. The molecule has 2 aromatic carbocycles. The quantitative estimate of drug-likeness (QED) is 0.618. The fourth-order valence-corrected chi connectivity index (χ4v) is 3.08. The van der Waals surface area contributed by atoms with Crippen molar-refractivity contribution in [2.24, 2.45) is 0 Å². The average molecular weight is 390 g/mol. The van der Waals surface area contributed by atoms with Gasteiger partial charge in [-0.05, 0) is 30.5 Å². The number of carbonyl (C=O) groups is 1. The Morgan fingerprint density at radius 3 is 2.73 bits per heavy atom. The number of halogens is 2. The first-order chi connectivity index (χ1) is 12.6. The first-order valence-electron chi connectivity index (χ1n) is 8.16. The smallest absolute Gasteiger partial charge is 0.258 e. The van der Waals surface area contributed by atoms with E-state index >= 15 is 0 Å². The topological polar surface area (TPSA) is 64.1 Å². The summed E-state index contributed by atoms with van der Waals surface area (Å²) in [4.78, 5) is 20.1. The van der Waals surface area contributed by atoms with E-state index in [0.717, 1.165) is 12.8 Å². The van der Waals surface area contributed by atoms with Gasteiger partial charge in [-0.15, -0.1) is 0 Å². The maximum Gasteiger partial charge on any atom is 0.258 e. The van der Waals surface area contributed by atoms with Gasteiger partial charge < -0.3 is 10.1 Å². The van der Waals surface area contributed by atoms with Gasteiger partial charge in [0.15, 0.2) is 6.61 Å². The zero-order valence-electron chi connectivity index (χ0n) is 13.9. The van der Waals surface area contributed by atoms with Crippen molar-refractivity contribution in [1.82, 2.24) is 15.3 Å². The minimum atomic E-state index is -0.210. The molecule has 0 atom stereocenters. The molecule has 1 aromatic heterocycles. The standard InChI is InChI=1S/C19H17Cl2N3O2/c20-14-9-15-18(16(21)10-14)23-12-24-19(15)26-11-17(25)22-8-4-7-13-5-2-1-3-6-13/h1-3,5-6,9-10,12H,4,7-8,11H2,(H,22,25). The van der Waals surface area contributed by atoms with Gasteiger partial charge in [0.2, 0.25) is 5.88 Å². The maximum atomic E-state index is 12.0. The van der Waals surface area contributed by atoms with Crippen molar-refractivity contribution in [3.63, 3.8) is 0 Å². The van der Waals surface area contributed by atoms with Crippen LogP contribution in [0.3, 0.4) is 0 Å². The Morgan fingerprint density at radius 1 is 1.12 bits per heavy atom. The SMILES string of the molecule is O=C(COc1ncnc2c(Cl)cc(Cl)cc12)NCCCc1ccccc1. The second kappa shape index (κ2) is 8.83. The Balaban J connectivity index is 1.51. The summed E-state index contributed by atoms with van der Waals surface area (Å²) in [6.07, 6.45) is 3.11. The van der Waals surface area contributed by atoms with Gasteiger partial charge in [0.05, 0.1) is 15.9 Å². The number of hydrogen-bond donors (Lipinski definition) is 1. The van der Waals surface area contributed by atoms with E-state index in [0.29, 0.717) is 27.5 Å². The molecule has 0 aliphatic rings. The van der Waals surface area contributed by atoms with Crippen LogP contribution in [-0.4, -0.2) is 29.0 Å². The van der Waals surface area contributed by atoms with Gasteiger partial charge in [-0.25, -0.2) is 9.97 Å². The molecule has 0 saturated heterocycles. The van der Waals surface area contributed by atoms with Gasteiger partial charge in [-0.3, -0.25) is 4.79 Å². The maximum absolute atomic E-state index is 12.0. The Morgan fingerprint density at radius 2 is 1.92 bits per heavy atom. The van der Waals surface area contributed by atoms with E-state index in [9.17, 15) is 4.79 Å². The third-order valence-corrected chi connectivity index (χ3v) is 4.27. The Hall–Kier alpha value is -2.37. The van der Waals surface area contributed by atoms with Gasteiger partial charge in [0.25, 0.3) is 5.91 Å². The number of nitrogens with one attached hydrogen (secondary N) is 1. The summed E-state index contributed by atoms with van der Waals surface area (Å²) >= 11 is 12.1. The fourth-order valence-electron chi connectivity index (χ4n) is 2.53. The highest BCUT2D eigenvalue weighted by atomic mass is 35.5. The molecular weight excluding hydrogens is 373 g/mol. The Labute approximate surface area is 161 Å². The minimum Gasteiger partial charge on any atom is -0.467 e. The van der Waals surface area contributed by atoms with Crippen LogP contribution in [0.15, 0.2) is 48.8 Å². The molecule has 0 aliphatic carbocycles. The second-order valence-electron chi connectivity index (χ2n) is 5.69. The van der Waals surface area contributed by atoms with E-state index in [-0.39, 0.29) is 18.4 Å². The molecule has 0 unspecified atom stereocenters. The first kappa shape index (κ1) is 18.4. The fraction of sp³-hybridized carbons (Fsp3) is 0.211. The van der Waals surface area contributed by atoms with Gasteiger partial charge in [-0.1, -0.05) is 53.5 Å². The lowest BCUT2D eigenvalue weighted by Gasteiger charge is -2.09. The number of amides is 1. The summed E-state index contributed by atoms with van der Waals surface area (Å²) < 4.78 is 5.53. The third-order valence-electron chi connectivity index (χ3n) is 3.77. The van der Waals surface area contributed by atoms with Gasteiger partial charge in [-0.2, -0.15) is 0 Å². The molecule has 134 valence electrons. The second-order valence-corrected chi connectivity index (χ2v) is 6.53. The molecule has 1 heterocycles. The van der Waals surface area contributed by atoms with Crippen LogP contribution in [0.2, 0.25) is 10.0 Å². The van der Waals surface area contributed by atoms with E-state index in [1.54, 1.807) is 12.1 Å². The van der Waals surface area contributed by atoms with Crippen molar-refractivity contribution in [3.05, 3.63) is 64.4 Å². The largest absolute Gasteiger partial charge is 0.467 e. The van der Waals surface area contributed by atoms with Crippen LogP contribution >= 0.6 is 23.2 Å². The molecule has 0 spiro atoms. The van der Waals surface area contributed by atoms with Crippen LogP contribution in [0.5, 0.6) is 5.88 Å². The molecule has 5 nitrogen and oxygen atoms in total. The highest BCUT2D eigenvalue weighted by molar-refractivity contribution is 6.38. The van der Waals surface area contributed by atoms with E-state index in [1.165, 1.54) is 11.9 Å². The molecule has 3 rings (SSSR count).